The molecule has 1 aromatic heterocycles. The Hall–Kier alpha value is -2.10. The van der Waals surface area contributed by atoms with Crippen LogP contribution >= 0.6 is 15.9 Å². The molecule has 110 valence electrons. The Morgan fingerprint density at radius 3 is 2.45 bits per heavy atom. The molecule has 0 amide bonds. The maximum atomic E-state index is 12.8. The predicted molar refractivity (Wildman–Crippen MR) is 88.1 cm³/mol. The van der Waals surface area contributed by atoms with Gasteiger partial charge in [0.25, 0.3) is 10.0 Å². The second kappa shape index (κ2) is 5.27. The Morgan fingerprint density at radius 1 is 1.14 bits per heavy atom. The predicted octanol–water partition coefficient (Wildman–Crippen LogP) is 3.82. The summed E-state index contributed by atoms with van der Waals surface area (Å²) < 4.78 is 27.5. The van der Waals surface area contributed by atoms with E-state index in [0.717, 1.165) is 10.9 Å². The molecule has 2 aromatic carbocycles. The van der Waals surface area contributed by atoms with Crippen LogP contribution in [0.25, 0.3) is 10.9 Å². The number of nitriles is 1. The lowest BCUT2D eigenvalue weighted by molar-refractivity contribution is 0.589. The van der Waals surface area contributed by atoms with Crippen molar-refractivity contribution in [2.45, 2.75) is 11.8 Å². The van der Waals surface area contributed by atoms with E-state index in [2.05, 4.69) is 15.9 Å². The van der Waals surface area contributed by atoms with Crippen LogP contribution in [0.4, 0.5) is 0 Å². The molecule has 3 rings (SSSR count). The molecule has 4 nitrogen and oxygen atoms in total. The van der Waals surface area contributed by atoms with Gasteiger partial charge < -0.3 is 0 Å². The quantitative estimate of drug-likeness (QED) is 0.684. The standard InChI is InChI=1S/C16H11BrN2O2S/c1-11-2-5-13(6-3-11)22(20,21)19-10-15(17)14-7-4-12(9-18)8-16(14)19/h2-8,10H,1H3. The SMILES string of the molecule is Cc1ccc(S(=O)(=O)n2cc(Br)c3ccc(C#N)cc32)cc1. The van der Waals surface area contributed by atoms with Crippen molar-refractivity contribution < 1.29 is 8.42 Å². The third kappa shape index (κ3) is 2.32. The number of aryl methyl sites for hydroxylation is 1. The largest absolute Gasteiger partial charge is 0.268 e. The summed E-state index contributed by atoms with van der Waals surface area (Å²) in [6, 6.07) is 13.7. The lowest BCUT2D eigenvalue weighted by Crippen LogP contribution is -2.11. The number of nitrogens with zero attached hydrogens (tertiary/aromatic N) is 2. The molecule has 0 bridgehead atoms. The van der Waals surface area contributed by atoms with Gasteiger partial charge in [-0.15, -0.1) is 0 Å². The van der Waals surface area contributed by atoms with Crippen molar-refractivity contribution in [3.05, 3.63) is 64.3 Å². The van der Waals surface area contributed by atoms with Crippen LogP contribution in [-0.4, -0.2) is 12.4 Å². The number of halogens is 1. The van der Waals surface area contributed by atoms with Crippen molar-refractivity contribution in [2.75, 3.05) is 0 Å². The highest BCUT2D eigenvalue weighted by molar-refractivity contribution is 9.10. The number of aromatic nitrogens is 1. The monoisotopic (exact) mass is 374 g/mol. The molecule has 0 saturated carbocycles. The normalized spacial score (nSPS) is 11.5. The summed E-state index contributed by atoms with van der Waals surface area (Å²) in [6.07, 6.45) is 1.51. The first-order valence-corrected chi connectivity index (χ1v) is 8.70. The third-order valence-corrected chi connectivity index (χ3v) is 5.75. The minimum Gasteiger partial charge on any atom is -0.240 e. The Morgan fingerprint density at radius 2 is 1.82 bits per heavy atom. The zero-order valence-corrected chi connectivity index (χ0v) is 14.0. The topological polar surface area (TPSA) is 62.9 Å². The molecule has 0 N–H and O–H groups in total. The summed E-state index contributed by atoms with van der Waals surface area (Å²) in [5.74, 6) is 0. The van der Waals surface area contributed by atoms with E-state index in [1.165, 1.54) is 10.2 Å². The van der Waals surface area contributed by atoms with Gasteiger partial charge in [-0.25, -0.2) is 12.4 Å². The molecule has 0 atom stereocenters. The minimum absolute atomic E-state index is 0.213. The minimum atomic E-state index is -3.71. The first kappa shape index (κ1) is 14.8. The average molecular weight is 375 g/mol. The van der Waals surface area contributed by atoms with Crippen LogP contribution in [0.3, 0.4) is 0 Å². The first-order chi connectivity index (χ1) is 10.4. The maximum Gasteiger partial charge on any atom is 0.268 e. The molecule has 22 heavy (non-hydrogen) atoms. The van der Waals surface area contributed by atoms with E-state index in [-0.39, 0.29) is 4.90 Å². The highest BCUT2D eigenvalue weighted by Crippen LogP contribution is 2.30. The van der Waals surface area contributed by atoms with Gasteiger partial charge in [-0.3, -0.25) is 0 Å². The van der Waals surface area contributed by atoms with Gasteiger partial charge in [-0.05, 0) is 47.1 Å². The van der Waals surface area contributed by atoms with E-state index in [9.17, 15) is 8.42 Å². The van der Waals surface area contributed by atoms with Crippen molar-refractivity contribution in [2.24, 2.45) is 0 Å². The molecule has 0 saturated heterocycles. The van der Waals surface area contributed by atoms with Crippen LogP contribution in [0.2, 0.25) is 0 Å². The van der Waals surface area contributed by atoms with Crippen LogP contribution in [0, 0.1) is 18.3 Å². The van der Waals surface area contributed by atoms with E-state index in [1.54, 1.807) is 42.5 Å². The molecule has 0 radical (unpaired) electrons. The first-order valence-electron chi connectivity index (χ1n) is 6.46. The molecular formula is C16H11BrN2O2S. The lowest BCUT2D eigenvalue weighted by atomic mass is 10.2. The van der Waals surface area contributed by atoms with E-state index in [0.29, 0.717) is 15.6 Å². The van der Waals surface area contributed by atoms with E-state index in [4.69, 9.17) is 5.26 Å². The molecule has 0 aliphatic rings. The fourth-order valence-electron chi connectivity index (χ4n) is 2.25. The summed E-state index contributed by atoms with van der Waals surface area (Å²) in [5.41, 5.74) is 1.88. The van der Waals surface area contributed by atoms with Gasteiger partial charge in [0.05, 0.1) is 22.0 Å². The average Bonchev–Trinajstić information content (AvgIpc) is 2.85. The van der Waals surface area contributed by atoms with Crippen LogP contribution in [0.15, 0.2) is 58.0 Å². The number of hydrogen-bond donors (Lipinski definition) is 0. The molecule has 0 fully saturated rings. The summed E-state index contributed by atoms with van der Waals surface area (Å²) in [7, 11) is -3.71. The highest BCUT2D eigenvalue weighted by atomic mass is 79.9. The Kier molecular flexibility index (Phi) is 3.55. The van der Waals surface area contributed by atoms with Gasteiger partial charge in [0.2, 0.25) is 0 Å². The third-order valence-electron chi connectivity index (χ3n) is 3.43. The van der Waals surface area contributed by atoms with Gasteiger partial charge in [0.1, 0.15) is 0 Å². The maximum absolute atomic E-state index is 12.8. The fourth-order valence-corrected chi connectivity index (χ4v) is 4.29. The highest BCUT2D eigenvalue weighted by Gasteiger charge is 2.20. The Labute approximate surface area is 136 Å². The van der Waals surface area contributed by atoms with Gasteiger partial charge in [-0.1, -0.05) is 23.8 Å². The number of benzene rings is 2. The summed E-state index contributed by atoms with van der Waals surface area (Å²) in [5, 5.41) is 9.77. The summed E-state index contributed by atoms with van der Waals surface area (Å²) in [4.78, 5) is 0.213. The number of rotatable bonds is 2. The Balaban J connectivity index is 2.29. The van der Waals surface area contributed by atoms with E-state index >= 15 is 0 Å². The van der Waals surface area contributed by atoms with Crippen LogP contribution in [-0.2, 0) is 10.0 Å². The Bertz CT molecular complexity index is 1010. The van der Waals surface area contributed by atoms with Gasteiger partial charge in [-0.2, -0.15) is 5.26 Å². The van der Waals surface area contributed by atoms with Crippen molar-refractivity contribution in [3.63, 3.8) is 0 Å². The molecule has 0 spiro atoms. The van der Waals surface area contributed by atoms with E-state index in [1.807, 2.05) is 13.0 Å². The number of hydrogen-bond acceptors (Lipinski definition) is 3. The van der Waals surface area contributed by atoms with Gasteiger partial charge in [0.15, 0.2) is 0 Å². The second-order valence-corrected chi connectivity index (χ2v) is 7.60. The second-order valence-electron chi connectivity index (χ2n) is 4.93. The lowest BCUT2D eigenvalue weighted by Gasteiger charge is -2.08. The zero-order chi connectivity index (χ0) is 15.9. The van der Waals surface area contributed by atoms with Crippen LogP contribution in [0.1, 0.15) is 11.1 Å². The molecule has 1 heterocycles. The van der Waals surface area contributed by atoms with Crippen LogP contribution in [0.5, 0.6) is 0 Å². The molecule has 6 heteroatoms. The van der Waals surface area contributed by atoms with Gasteiger partial charge in [0, 0.05) is 16.1 Å². The zero-order valence-electron chi connectivity index (χ0n) is 11.6. The van der Waals surface area contributed by atoms with Crippen molar-refractivity contribution in [1.82, 2.24) is 3.97 Å². The van der Waals surface area contributed by atoms with Gasteiger partial charge >= 0.3 is 0 Å². The van der Waals surface area contributed by atoms with Crippen molar-refractivity contribution >= 4 is 36.9 Å². The summed E-state index contributed by atoms with van der Waals surface area (Å²) >= 11 is 3.37. The fraction of sp³-hybridized carbons (Fsp3) is 0.0625. The molecular weight excluding hydrogens is 364 g/mol. The molecule has 0 unspecified atom stereocenters. The summed E-state index contributed by atoms with van der Waals surface area (Å²) in [6.45, 7) is 1.90. The number of fused-ring (bicyclic) bond motifs is 1. The van der Waals surface area contributed by atoms with Crippen LogP contribution < -0.4 is 0 Å². The smallest absolute Gasteiger partial charge is 0.240 e. The van der Waals surface area contributed by atoms with Crippen molar-refractivity contribution in [3.8, 4) is 6.07 Å². The molecule has 0 aliphatic carbocycles. The molecule has 3 aromatic rings. The molecule has 0 aliphatic heterocycles. The van der Waals surface area contributed by atoms with Crippen molar-refractivity contribution in [1.29, 1.82) is 5.26 Å². The van der Waals surface area contributed by atoms with E-state index < -0.39 is 10.0 Å².